The zero-order chi connectivity index (χ0) is 16.3. The molecule has 0 fully saturated rings. The van der Waals surface area contributed by atoms with E-state index in [4.69, 9.17) is 5.26 Å². The summed E-state index contributed by atoms with van der Waals surface area (Å²) in [4.78, 5) is 0. The van der Waals surface area contributed by atoms with Gasteiger partial charge >= 0.3 is 6.18 Å². The van der Waals surface area contributed by atoms with Crippen molar-refractivity contribution < 1.29 is 18.3 Å². The molecule has 0 aliphatic heterocycles. The Morgan fingerprint density at radius 3 is 2.27 bits per heavy atom. The average Bonchev–Trinajstić information content (AvgIpc) is 2.45. The zero-order valence-electron chi connectivity index (χ0n) is 10.9. The van der Waals surface area contributed by atoms with E-state index in [9.17, 15) is 18.3 Å². The predicted octanol–water partition coefficient (Wildman–Crippen LogP) is 4.29. The topological polar surface area (TPSA) is 44.0 Å². The van der Waals surface area contributed by atoms with E-state index in [1.807, 2.05) is 28.7 Å². The Morgan fingerprint density at radius 2 is 1.68 bits per heavy atom. The minimum atomic E-state index is -4.60. The first-order valence-electron chi connectivity index (χ1n) is 5.93. The number of halogens is 4. The van der Waals surface area contributed by atoms with Crippen LogP contribution in [0.1, 0.15) is 22.3 Å². The van der Waals surface area contributed by atoms with E-state index in [2.05, 4.69) is 11.8 Å². The number of hydrogen-bond donors (Lipinski definition) is 1. The van der Waals surface area contributed by atoms with E-state index >= 15 is 0 Å². The van der Waals surface area contributed by atoms with Crippen LogP contribution in [0.15, 0.2) is 36.4 Å². The molecule has 0 atom stereocenters. The van der Waals surface area contributed by atoms with Crippen molar-refractivity contribution in [3.63, 3.8) is 0 Å². The van der Waals surface area contributed by atoms with Crippen LogP contribution >= 0.6 is 22.6 Å². The average molecular weight is 413 g/mol. The molecule has 2 aromatic rings. The number of phenols is 1. The van der Waals surface area contributed by atoms with Crippen molar-refractivity contribution in [1.82, 2.24) is 0 Å². The molecule has 0 heterocycles. The molecule has 2 nitrogen and oxygen atoms in total. The lowest BCUT2D eigenvalue weighted by atomic mass is 10.1. The Labute approximate surface area is 138 Å². The fourth-order valence-electron chi connectivity index (χ4n) is 1.70. The highest BCUT2D eigenvalue weighted by Gasteiger charge is 2.33. The summed E-state index contributed by atoms with van der Waals surface area (Å²) in [5, 5.41) is 18.0. The van der Waals surface area contributed by atoms with Gasteiger partial charge in [-0.1, -0.05) is 11.8 Å². The number of alkyl halides is 3. The number of aromatic hydroxyl groups is 1. The first kappa shape index (κ1) is 16.2. The van der Waals surface area contributed by atoms with Crippen molar-refractivity contribution in [3.05, 3.63) is 62.2 Å². The first-order chi connectivity index (χ1) is 10.3. The third kappa shape index (κ3) is 3.71. The third-order valence-electron chi connectivity index (χ3n) is 2.74. The monoisotopic (exact) mass is 413 g/mol. The van der Waals surface area contributed by atoms with Gasteiger partial charge in [0.15, 0.2) is 0 Å². The maximum atomic E-state index is 12.9. The molecule has 0 aliphatic carbocycles. The molecule has 0 spiro atoms. The van der Waals surface area contributed by atoms with Gasteiger partial charge in [0.25, 0.3) is 0 Å². The number of phenolic OH excluding ortho intramolecular Hbond substituents is 1. The fraction of sp³-hybridized carbons (Fsp3) is 0.0625. The molecular weight excluding hydrogens is 406 g/mol. The number of benzene rings is 2. The largest absolute Gasteiger partial charge is 0.508 e. The lowest BCUT2D eigenvalue weighted by Gasteiger charge is -2.09. The van der Waals surface area contributed by atoms with Crippen LogP contribution in [-0.4, -0.2) is 5.11 Å². The summed E-state index contributed by atoms with van der Waals surface area (Å²) in [7, 11) is 0. The molecule has 22 heavy (non-hydrogen) atoms. The Balaban J connectivity index is 2.45. The van der Waals surface area contributed by atoms with Gasteiger partial charge in [0.2, 0.25) is 0 Å². The van der Waals surface area contributed by atoms with E-state index in [1.165, 1.54) is 0 Å². The van der Waals surface area contributed by atoms with Crippen molar-refractivity contribution in [2.24, 2.45) is 0 Å². The van der Waals surface area contributed by atoms with E-state index < -0.39 is 17.5 Å². The normalized spacial score (nSPS) is 10.5. The highest BCUT2D eigenvalue weighted by molar-refractivity contribution is 14.1. The quantitative estimate of drug-likeness (QED) is 0.518. The minimum Gasteiger partial charge on any atom is -0.508 e. The summed E-state index contributed by atoms with van der Waals surface area (Å²) in [5.74, 6) is 4.63. The Hall–Kier alpha value is -2.19. The van der Waals surface area contributed by atoms with Crippen LogP contribution in [0.3, 0.4) is 0 Å². The van der Waals surface area contributed by atoms with Gasteiger partial charge in [-0.2, -0.15) is 18.4 Å². The third-order valence-corrected chi connectivity index (χ3v) is 3.63. The summed E-state index contributed by atoms with van der Waals surface area (Å²) >= 11 is 1.96. The predicted molar refractivity (Wildman–Crippen MR) is 83.0 cm³/mol. The SMILES string of the molecule is N#Cc1ccc(C#Cc2ccc(O)cc2C(F)(F)F)cc1I. The van der Waals surface area contributed by atoms with E-state index in [-0.39, 0.29) is 5.56 Å². The Kier molecular flexibility index (Phi) is 4.62. The molecule has 0 saturated carbocycles. The molecule has 110 valence electrons. The van der Waals surface area contributed by atoms with Crippen LogP contribution < -0.4 is 0 Å². The van der Waals surface area contributed by atoms with Gasteiger partial charge in [0, 0.05) is 14.7 Å². The Bertz CT molecular complexity index is 826. The van der Waals surface area contributed by atoms with Crippen LogP contribution in [0.4, 0.5) is 13.2 Å². The minimum absolute atomic E-state index is 0.218. The lowest BCUT2D eigenvalue weighted by molar-refractivity contribution is -0.137. The molecule has 2 rings (SSSR count). The molecule has 0 radical (unpaired) electrons. The first-order valence-corrected chi connectivity index (χ1v) is 7.01. The van der Waals surface area contributed by atoms with Gasteiger partial charge in [0.1, 0.15) is 11.8 Å². The zero-order valence-corrected chi connectivity index (χ0v) is 13.0. The lowest BCUT2D eigenvalue weighted by Crippen LogP contribution is -2.07. The maximum Gasteiger partial charge on any atom is 0.417 e. The summed E-state index contributed by atoms with van der Waals surface area (Å²) in [6, 6.07) is 9.68. The summed E-state index contributed by atoms with van der Waals surface area (Å²) in [6.07, 6.45) is -4.60. The highest BCUT2D eigenvalue weighted by Crippen LogP contribution is 2.33. The van der Waals surface area contributed by atoms with Gasteiger partial charge in [-0.25, -0.2) is 0 Å². The Morgan fingerprint density at radius 1 is 1.00 bits per heavy atom. The molecule has 0 aromatic heterocycles. The molecule has 2 aromatic carbocycles. The van der Waals surface area contributed by atoms with Crippen molar-refractivity contribution in [2.75, 3.05) is 0 Å². The van der Waals surface area contributed by atoms with Crippen molar-refractivity contribution in [3.8, 4) is 23.7 Å². The van der Waals surface area contributed by atoms with E-state index in [0.717, 1.165) is 12.1 Å². The molecular formula is C16H7F3INO. The maximum absolute atomic E-state index is 12.9. The van der Waals surface area contributed by atoms with Crippen molar-refractivity contribution in [2.45, 2.75) is 6.18 Å². The van der Waals surface area contributed by atoms with Crippen LogP contribution in [0, 0.1) is 26.7 Å². The van der Waals surface area contributed by atoms with Crippen LogP contribution in [0.2, 0.25) is 0 Å². The number of nitrogens with zero attached hydrogens (tertiary/aromatic N) is 1. The molecule has 0 amide bonds. The van der Waals surface area contributed by atoms with Gasteiger partial charge in [-0.15, -0.1) is 0 Å². The highest BCUT2D eigenvalue weighted by atomic mass is 127. The molecule has 0 unspecified atom stereocenters. The molecule has 1 N–H and O–H groups in total. The van der Waals surface area contributed by atoms with Gasteiger partial charge in [-0.3, -0.25) is 0 Å². The van der Waals surface area contributed by atoms with Crippen molar-refractivity contribution >= 4 is 22.6 Å². The van der Waals surface area contributed by atoms with E-state index in [0.29, 0.717) is 20.8 Å². The number of nitriles is 1. The fourth-order valence-corrected chi connectivity index (χ4v) is 2.33. The number of rotatable bonds is 0. The second-order valence-corrected chi connectivity index (χ2v) is 5.45. The van der Waals surface area contributed by atoms with Crippen LogP contribution in [-0.2, 0) is 6.18 Å². The molecule has 6 heteroatoms. The molecule has 0 saturated heterocycles. The van der Waals surface area contributed by atoms with Crippen LogP contribution in [0.5, 0.6) is 5.75 Å². The summed E-state index contributed by atoms with van der Waals surface area (Å²) < 4.78 is 39.4. The van der Waals surface area contributed by atoms with E-state index in [1.54, 1.807) is 18.2 Å². The van der Waals surface area contributed by atoms with Gasteiger partial charge < -0.3 is 5.11 Å². The summed E-state index contributed by atoms with van der Waals surface area (Å²) in [5.41, 5.74) is -0.218. The molecule has 0 aliphatic rings. The molecule has 0 bridgehead atoms. The van der Waals surface area contributed by atoms with Gasteiger partial charge in [0.05, 0.1) is 11.1 Å². The summed E-state index contributed by atoms with van der Waals surface area (Å²) in [6.45, 7) is 0. The standard InChI is InChI=1S/C16H7F3INO/c17-16(18,19)14-8-13(22)6-5-11(14)3-1-10-2-4-12(9-21)15(20)7-10/h2,4-8,22H. The van der Waals surface area contributed by atoms with Gasteiger partial charge in [-0.05, 0) is 59.0 Å². The second-order valence-electron chi connectivity index (χ2n) is 4.28. The second kappa shape index (κ2) is 6.29. The number of hydrogen-bond acceptors (Lipinski definition) is 2. The van der Waals surface area contributed by atoms with Crippen molar-refractivity contribution in [1.29, 1.82) is 5.26 Å². The van der Waals surface area contributed by atoms with Crippen LogP contribution in [0.25, 0.3) is 0 Å². The smallest absolute Gasteiger partial charge is 0.417 e.